The summed E-state index contributed by atoms with van der Waals surface area (Å²) in [7, 11) is 0. The molecule has 4 N–H and O–H groups in total. The lowest BCUT2D eigenvalue weighted by molar-refractivity contribution is 0.0342. The molecule has 1 aliphatic heterocycles. The number of fused-ring (bicyclic) bond motifs is 1. The third-order valence-electron chi connectivity index (χ3n) is 6.12. The van der Waals surface area contributed by atoms with Crippen LogP contribution < -0.4 is 16.4 Å². The zero-order valence-electron chi connectivity index (χ0n) is 19.9. The molecule has 5 heterocycles. The number of aromatic nitrogens is 3. The summed E-state index contributed by atoms with van der Waals surface area (Å²) in [4.78, 5) is 25.0. The quantitative estimate of drug-likeness (QED) is 0.256. The van der Waals surface area contributed by atoms with Crippen molar-refractivity contribution in [2.75, 3.05) is 42.7 Å². The Balaban J connectivity index is 1.13. The van der Waals surface area contributed by atoms with E-state index in [-0.39, 0.29) is 5.91 Å². The summed E-state index contributed by atoms with van der Waals surface area (Å²) in [6.07, 6.45) is 3.92. The minimum Gasteiger partial charge on any atom is -0.397 e. The molecular weight excluding hydrogens is 506 g/mol. The number of morpholine rings is 1. The number of carbonyl (C=O) groups is 1. The van der Waals surface area contributed by atoms with Gasteiger partial charge < -0.3 is 21.1 Å². The number of para-hydroxylation sites is 2. The fourth-order valence-corrected chi connectivity index (χ4v) is 5.79. The predicted octanol–water partition coefficient (Wildman–Crippen LogP) is 4.93. The normalized spacial score (nSPS) is 14.2. The van der Waals surface area contributed by atoms with Gasteiger partial charge in [0, 0.05) is 31.2 Å². The highest BCUT2D eigenvalue weighted by Crippen LogP contribution is 2.31. The summed E-state index contributed by atoms with van der Waals surface area (Å²) in [5.41, 5.74) is 11.0. The van der Waals surface area contributed by atoms with Gasteiger partial charge in [-0.1, -0.05) is 12.1 Å². The second kappa shape index (κ2) is 10.3. The number of benzene rings is 1. The van der Waals surface area contributed by atoms with Gasteiger partial charge in [-0.2, -0.15) is 0 Å². The Kier molecular flexibility index (Phi) is 6.58. The highest BCUT2D eigenvalue weighted by atomic mass is 32.1. The molecule has 1 amide bonds. The minimum atomic E-state index is -0.200. The van der Waals surface area contributed by atoms with Gasteiger partial charge in [-0.25, -0.2) is 9.97 Å². The van der Waals surface area contributed by atoms with E-state index in [1.165, 1.54) is 28.2 Å². The lowest BCUT2D eigenvalue weighted by Crippen LogP contribution is -2.35. The minimum absolute atomic E-state index is 0.200. The molecule has 5 aromatic rings. The largest absolute Gasteiger partial charge is 0.397 e. The molecule has 1 saturated heterocycles. The molecule has 0 unspecified atom stereocenters. The fourth-order valence-electron chi connectivity index (χ4n) is 4.20. The summed E-state index contributed by atoms with van der Waals surface area (Å²) in [6, 6.07) is 15.1. The van der Waals surface area contributed by atoms with Crippen LogP contribution in [0.2, 0.25) is 0 Å². The average molecular weight is 532 g/mol. The van der Waals surface area contributed by atoms with Gasteiger partial charge in [0.15, 0.2) is 5.13 Å². The molecule has 0 spiro atoms. The molecule has 37 heavy (non-hydrogen) atoms. The highest BCUT2D eigenvalue weighted by molar-refractivity contribution is 7.19. The van der Waals surface area contributed by atoms with Crippen LogP contribution in [0.4, 0.5) is 21.5 Å². The molecule has 0 saturated carbocycles. The van der Waals surface area contributed by atoms with Crippen molar-refractivity contribution in [3.8, 4) is 11.4 Å². The molecule has 0 aliphatic carbocycles. The van der Waals surface area contributed by atoms with Gasteiger partial charge in [-0.15, -0.1) is 22.7 Å². The van der Waals surface area contributed by atoms with Crippen LogP contribution in [0.1, 0.15) is 15.2 Å². The molecule has 0 bridgehead atoms. The van der Waals surface area contributed by atoms with Crippen molar-refractivity contribution in [3.63, 3.8) is 0 Å². The average Bonchev–Trinajstić information content (AvgIpc) is 3.66. The first kappa shape index (κ1) is 23.6. The van der Waals surface area contributed by atoms with Crippen LogP contribution >= 0.6 is 22.7 Å². The van der Waals surface area contributed by atoms with Crippen LogP contribution in [-0.2, 0) is 11.3 Å². The number of nitrogens with two attached hydrogens (primary N) is 1. The van der Waals surface area contributed by atoms with Gasteiger partial charge >= 0.3 is 0 Å². The number of imidazole rings is 1. The number of thiazole rings is 1. The number of nitrogens with zero attached hydrogens (tertiary/aromatic N) is 4. The number of pyridine rings is 1. The molecule has 0 radical (unpaired) electrons. The van der Waals surface area contributed by atoms with Gasteiger partial charge in [0.25, 0.3) is 5.91 Å². The van der Waals surface area contributed by atoms with E-state index < -0.39 is 0 Å². The predicted molar refractivity (Wildman–Crippen MR) is 149 cm³/mol. The maximum absolute atomic E-state index is 12.6. The summed E-state index contributed by atoms with van der Waals surface area (Å²) in [5, 5.41) is 9.76. The van der Waals surface area contributed by atoms with Crippen molar-refractivity contribution in [2.24, 2.45) is 0 Å². The maximum Gasteiger partial charge on any atom is 0.265 e. The molecule has 4 aromatic heterocycles. The summed E-state index contributed by atoms with van der Waals surface area (Å²) in [5.74, 6) is -0.200. The van der Waals surface area contributed by atoms with Crippen molar-refractivity contribution >= 4 is 55.7 Å². The van der Waals surface area contributed by atoms with Crippen LogP contribution in [-0.4, -0.2) is 51.5 Å². The zero-order chi connectivity index (χ0) is 25.2. The third kappa shape index (κ3) is 5.20. The van der Waals surface area contributed by atoms with Crippen LogP contribution in [0.5, 0.6) is 0 Å². The van der Waals surface area contributed by atoms with E-state index >= 15 is 0 Å². The number of anilines is 4. The van der Waals surface area contributed by atoms with Crippen LogP contribution in [0, 0.1) is 0 Å². The molecule has 1 aromatic carbocycles. The lowest BCUT2D eigenvalue weighted by atomic mass is 10.2. The second-order valence-corrected chi connectivity index (χ2v) is 10.6. The maximum atomic E-state index is 12.6. The summed E-state index contributed by atoms with van der Waals surface area (Å²) >= 11 is 2.87. The SMILES string of the molecule is Nc1ccccc1NC(=O)c1ccc(Nc2nc(-c3cnc4cc(CN5CCOCC5)ccn34)cs2)s1. The van der Waals surface area contributed by atoms with Gasteiger partial charge in [-0.05, 0) is 42.0 Å². The third-order valence-corrected chi connectivity index (χ3v) is 7.88. The van der Waals surface area contributed by atoms with Crippen molar-refractivity contribution in [1.29, 1.82) is 0 Å². The number of nitrogen functional groups attached to an aromatic ring is 1. The van der Waals surface area contributed by atoms with E-state index in [9.17, 15) is 4.79 Å². The first-order chi connectivity index (χ1) is 18.1. The Labute approximate surface area is 221 Å². The number of hydrogen-bond donors (Lipinski definition) is 3. The number of nitrogens with one attached hydrogen (secondary N) is 2. The fraction of sp³-hybridized carbons (Fsp3) is 0.192. The Bertz CT molecular complexity index is 1550. The molecule has 9 nitrogen and oxygen atoms in total. The Morgan fingerprint density at radius 2 is 2.00 bits per heavy atom. The summed E-state index contributed by atoms with van der Waals surface area (Å²) in [6.45, 7) is 4.39. The van der Waals surface area contributed by atoms with E-state index in [4.69, 9.17) is 15.5 Å². The number of rotatable bonds is 7. The number of carbonyl (C=O) groups excluding carboxylic acids is 1. The lowest BCUT2D eigenvalue weighted by Gasteiger charge is -2.26. The zero-order valence-corrected chi connectivity index (χ0v) is 21.5. The molecule has 1 fully saturated rings. The van der Waals surface area contributed by atoms with Gasteiger partial charge in [0.2, 0.25) is 0 Å². The highest BCUT2D eigenvalue weighted by Gasteiger charge is 2.15. The number of ether oxygens (including phenoxy) is 1. The van der Waals surface area contributed by atoms with Gasteiger partial charge in [0.1, 0.15) is 11.3 Å². The van der Waals surface area contributed by atoms with Crippen LogP contribution in [0.25, 0.3) is 17.0 Å². The molecule has 188 valence electrons. The molecule has 11 heteroatoms. The van der Waals surface area contributed by atoms with E-state index in [1.54, 1.807) is 18.2 Å². The van der Waals surface area contributed by atoms with Crippen LogP contribution in [0.15, 0.2) is 66.3 Å². The molecule has 6 rings (SSSR count). The topological polar surface area (TPSA) is 110 Å². The number of amides is 1. The first-order valence-corrected chi connectivity index (χ1v) is 13.6. The monoisotopic (exact) mass is 531 g/mol. The Morgan fingerprint density at radius 3 is 2.86 bits per heavy atom. The van der Waals surface area contributed by atoms with Gasteiger partial charge in [0.05, 0.1) is 46.4 Å². The Morgan fingerprint density at radius 1 is 1.14 bits per heavy atom. The first-order valence-electron chi connectivity index (χ1n) is 11.9. The standard InChI is InChI=1S/C26H25N7O2S2/c27-18-3-1-2-4-19(18)29-25(34)22-5-6-24(37-22)31-26-30-20(16-36-26)21-14-28-23-13-17(7-8-33(21)23)15-32-9-11-35-12-10-32/h1-8,13-14,16H,9-12,15,27H2,(H,29,34)(H,30,31). The van der Waals surface area contributed by atoms with Crippen molar-refractivity contribution in [2.45, 2.75) is 6.54 Å². The van der Waals surface area contributed by atoms with Gasteiger partial charge in [-0.3, -0.25) is 14.1 Å². The van der Waals surface area contributed by atoms with E-state index in [0.29, 0.717) is 16.3 Å². The van der Waals surface area contributed by atoms with Crippen molar-refractivity contribution < 1.29 is 9.53 Å². The summed E-state index contributed by atoms with van der Waals surface area (Å²) < 4.78 is 7.51. The van der Waals surface area contributed by atoms with Crippen molar-refractivity contribution in [3.05, 3.63) is 76.7 Å². The van der Waals surface area contributed by atoms with Crippen LogP contribution in [0.3, 0.4) is 0 Å². The van der Waals surface area contributed by atoms with E-state index in [1.807, 2.05) is 29.8 Å². The number of hydrogen-bond acceptors (Lipinski definition) is 9. The molecule has 1 aliphatic rings. The molecular formula is C26H25N7O2S2. The molecule has 0 atom stereocenters. The Hall–Kier alpha value is -3.77. The smallest absolute Gasteiger partial charge is 0.265 e. The number of thiophene rings is 1. The van der Waals surface area contributed by atoms with Crippen molar-refractivity contribution in [1.82, 2.24) is 19.3 Å². The van der Waals surface area contributed by atoms with E-state index in [2.05, 4.69) is 43.2 Å². The second-order valence-electron chi connectivity index (χ2n) is 8.66. The van der Waals surface area contributed by atoms with E-state index in [0.717, 1.165) is 60.0 Å².